The van der Waals surface area contributed by atoms with Crippen LogP contribution in [0.2, 0.25) is 0 Å². The third-order valence-corrected chi connectivity index (χ3v) is 2.52. The molecule has 0 saturated carbocycles. The smallest absolute Gasteiger partial charge is 0.261 e. The van der Waals surface area contributed by atoms with E-state index in [4.69, 9.17) is 9.47 Å². The summed E-state index contributed by atoms with van der Waals surface area (Å²) in [5.74, 6) is 0.326. The van der Waals surface area contributed by atoms with E-state index in [-0.39, 0.29) is 5.91 Å². The van der Waals surface area contributed by atoms with Crippen LogP contribution in [0.5, 0.6) is 5.88 Å². The van der Waals surface area contributed by atoms with Crippen molar-refractivity contribution in [3.8, 4) is 5.88 Å². The van der Waals surface area contributed by atoms with Gasteiger partial charge in [-0.15, -0.1) is 5.10 Å². The van der Waals surface area contributed by atoms with Crippen molar-refractivity contribution < 1.29 is 14.3 Å². The number of aromatic nitrogens is 2. The summed E-state index contributed by atoms with van der Waals surface area (Å²) in [6.07, 6.45) is 1.68. The highest BCUT2D eigenvalue weighted by Gasteiger charge is 2.23. The highest BCUT2D eigenvalue weighted by atomic mass is 16.5. The van der Waals surface area contributed by atoms with E-state index < -0.39 is 0 Å². The third kappa shape index (κ3) is 2.01. The number of rotatable bonds is 2. The van der Waals surface area contributed by atoms with Crippen LogP contribution >= 0.6 is 0 Å². The molecule has 0 aromatic carbocycles. The van der Waals surface area contributed by atoms with Crippen molar-refractivity contribution in [2.75, 3.05) is 33.4 Å². The molecule has 0 spiro atoms. The van der Waals surface area contributed by atoms with Gasteiger partial charge >= 0.3 is 0 Å². The Labute approximate surface area is 93.7 Å². The molecule has 0 radical (unpaired) electrons. The molecule has 1 aliphatic rings. The zero-order valence-corrected chi connectivity index (χ0v) is 9.47. The standard InChI is InChI=1S/C10H15N3O3/c1-12-7-8(9(11-12)15-2)10(14)13-3-5-16-6-4-13/h7H,3-6H2,1-2H3. The molecule has 0 N–H and O–H groups in total. The van der Waals surface area contributed by atoms with Crippen molar-refractivity contribution in [3.05, 3.63) is 11.8 Å². The summed E-state index contributed by atoms with van der Waals surface area (Å²) in [6, 6.07) is 0. The van der Waals surface area contributed by atoms with Crippen molar-refractivity contribution in [3.63, 3.8) is 0 Å². The summed E-state index contributed by atoms with van der Waals surface area (Å²) in [5.41, 5.74) is 0.506. The maximum atomic E-state index is 12.1. The summed E-state index contributed by atoms with van der Waals surface area (Å²) in [7, 11) is 3.27. The Balaban J connectivity index is 2.18. The number of morpholine rings is 1. The summed E-state index contributed by atoms with van der Waals surface area (Å²) in [6.45, 7) is 2.43. The topological polar surface area (TPSA) is 56.6 Å². The van der Waals surface area contributed by atoms with Gasteiger partial charge in [0.15, 0.2) is 0 Å². The van der Waals surface area contributed by atoms with Gasteiger partial charge in [-0.05, 0) is 0 Å². The van der Waals surface area contributed by atoms with Crippen molar-refractivity contribution >= 4 is 5.91 Å². The van der Waals surface area contributed by atoms with Crippen LogP contribution in [0.25, 0.3) is 0 Å². The quantitative estimate of drug-likeness (QED) is 0.705. The monoisotopic (exact) mass is 225 g/mol. The van der Waals surface area contributed by atoms with Crippen molar-refractivity contribution in [2.45, 2.75) is 0 Å². The molecule has 1 aliphatic heterocycles. The Hall–Kier alpha value is -1.56. The first kappa shape index (κ1) is 10.9. The average molecular weight is 225 g/mol. The third-order valence-electron chi connectivity index (χ3n) is 2.52. The van der Waals surface area contributed by atoms with Crippen LogP contribution in [0.1, 0.15) is 10.4 Å². The van der Waals surface area contributed by atoms with Crippen LogP contribution in [0, 0.1) is 0 Å². The fraction of sp³-hybridized carbons (Fsp3) is 0.600. The zero-order valence-electron chi connectivity index (χ0n) is 9.47. The number of hydrogen-bond acceptors (Lipinski definition) is 4. The van der Waals surface area contributed by atoms with Crippen molar-refractivity contribution in [1.82, 2.24) is 14.7 Å². The van der Waals surface area contributed by atoms with Crippen LogP contribution in [0.15, 0.2) is 6.20 Å². The number of aryl methyl sites for hydroxylation is 1. The molecule has 6 nitrogen and oxygen atoms in total. The number of hydrogen-bond donors (Lipinski definition) is 0. The molecule has 1 amide bonds. The van der Waals surface area contributed by atoms with Crippen molar-refractivity contribution in [2.24, 2.45) is 7.05 Å². The molecule has 0 bridgehead atoms. The van der Waals surface area contributed by atoms with Gasteiger partial charge in [0, 0.05) is 26.3 Å². The molecular formula is C10H15N3O3. The largest absolute Gasteiger partial charge is 0.479 e. The predicted molar refractivity (Wildman–Crippen MR) is 56.5 cm³/mol. The minimum Gasteiger partial charge on any atom is -0.479 e. The molecule has 1 saturated heterocycles. The minimum absolute atomic E-state index is 0.0479. The number of carbonyl (C=O) groups is 1. The van der Waals surface area contributed by atoms with E-state index in [1.165, 1.54) is 7.11 Å². The summed E-state index contributed by atoms with van der Waals surface area (Å²) >= 11 is 0. The van der Waals surface area contributed by atoms with E-state index in [0.717, 1.165) is 0 Å². The van der Waals surface area contributed by atoms with Crippen molar-refractivity contribution in [1.29, 1.82) is 0 Å². The zero-order chi connectivity index (χ0) is 11.5. The maximum Gasteiger partial charge on any atom is 0.261 e. The van der Waals surface area contributed by atoms with E-state index in [1.807, 2.05) is 0 Å². The van der Waals surface area contributed by atoms with Crippen LogP contribution < -0.4 is 4.74 Å². The highest BCUT2D eigenvalue weighted by molar-refractivity contribution is 5.96. The molecule has 1 aromatic rings. The van der Waals surface area contributed by atoms with Gasteiger partial charge in [0.05, 0.1) is 20.3 Å². The second-order valence-electron chi connectivity index (χ2n) is 3.63. The molecule has 16 heavy (non-hydrogen) atoms. The average Bonchev–Trinajstić information content (AvgIpc) is 2.70. The Kier molecular flexibility index (Phi) is 3.09. The second-order valence-corrected chi connectivity index (χ2v) is 3.63. The molecule has 1 aromatic heterocycles. The number of nitrogens with zero attached hydrogens (tertiary/aromatic N) is 3. The molecule has 0 aliphatic carbocycles. The first-order valence-electron chi connectivity index (χ1n) is 5.17. The molecule has 6 heteroatoms. The SMILES string of the molecule is COc1nn(C)cc1C(=O)N1CCOCC1. The van der Waals surface area contributed by atoms with E-state index in [9.17, 15) is 4.79 Å². The molecule has 0 atom stereocenters. The lowest BCUT2D eigenvalue weighted by Crippen LogP contribution is -2.40. The lowest BCUT2D eigenvalue weighted by Gasteiger charge is -2.26. The predicted octanol–water partition coefficient (Wildman–Crippen LogP) is -0.0989. The van der Waals surface area contributed by atoms with Gasteiger partial charge in [0.2, 0.25) is 5.88 Å². The highest BCUT2D eigenvalue weighted by Crippen LogP contribution is 2.17. The van der Waals surface area contributed by atoms with Gasteiger partial charge < -0.3 is 14.4 Å². The van der Waals surface area contributed by atoms with Crippen LogP contribution in [-0.4, -0.2) is 54.0 Å². The molecule has 2 heterocycles. The fourth-order valence-electron chi connectivity index (χ4n) is 1.70. The first-order chi connectivity index (χ1) is 7.72. The number of ether oxygens (including phenoxy) is 2. The lowest BCUT2D eigenvalue weighted by molar-refractivity contribution is 0.0301. The fourth-order valence-corrected chi connectivity index (χ4v) is 1.70. The van der Waals surface area contributed by atoms with Crippen LogP contribution in [0.4, 0.5) is 0 Å². The first-order valence-corrected chi connectivity index (χ1v) is 5.17. The number of amides is 1. The minimum atomic E-state index is -0.0479. The van der Waals surface area contributed by atoms with Gasteiger partial charge in [0.1, 0.15) is 5.56 Å². The van der Waals surface area contributed by atoms with Gasteiger partial charge in [-0.2, -0.15) is 0 Å². The van der Waals surface area contributed by atoms with Crippen LogP contribution in [-0.2, 0) is 11.8 Å². The normalized spacial score (nSPS) is 16.2. The van der Waals surface area contributed by atoms with Gasteiger partial charge in [-0.25, -0.2) is 0 Å². The number of methoxy groups -OCH3 is 1. The van der Waals surface area contributed by atoms with Gasteiger partial charge in [-0.3, -0.25) is 9.48 Å². The van der Waals surface area contributed by atoms with E-state index >= 15 is 0 Å². The summed E-state index contributed by atoms with van der Waals surface area (Å²) < 4.78 is 11.8. The summed E-state index contributed by atoms with van der Waals surface area (Å²) in [5, 5.41) is 4.06. The Bertz CT molecular complexity index is 383. The number of carbonyl (C=O) groups excluding carboxylic acids is 1. The van der Waals surface area contributed by atoms with E-state index in [2.05, 4.69) is 5.10 Å². The molecular weight excluding hydrogens is 210 g/mol. The lowest BCUT2D eigenvalue weighted by atomic mass is 10.2. The van der Waals surface area contributed by atoms with E-state index in [0.29, 0.717) is 37.7 Å². The molecule has 0 unspecified atom stereocenters. The maximum absolute atomic E-state index is 12.1. The second kappa shape index (κ2) is 4.52. The Morgan fingerprint density at radius 2 is 2.19 bits per heavy atom. The summed E-state index contributed by atoms with van der Waals surface area (Å²) in [4.78, 5) is 13.9. The molecule has 88 valence electrons. The Morgan fingerprint density at radius 1 is 1.50 bits per heavy atom. The molecule has 2 rings (SSSR count). The van der Waals surface area contributed by atoms with Gasteiger partial charge in [0.25, 0.3) is 5.91 Å². The van der Waals surface area contributed by atoms with Crippen LogP contribution in [0.3, 0.4) is 0 Å². The van der Waals surface area contributed by atoms with E-state index in [1.54, 1.807) is 22.8 Å². The Morgan fingerprint density at radius 3 is 2.81 bits per heavy atom. The molecule has 1 fully saturated rings. The van der Waals surface area contributed by atoms with Gasteiger partial charge in [-0.1, -0.05) is 0 Å².